The van der Waals surface area contributed by atoms with Gasteiger partial charge in [0.1, 0.15) is 11.5 Å². The van der Waals surface area contributed by atoms with E-state index in [-0.39, 0.29) is 11.5 Å². The van der Waals surface area contributed by atoms with E-state index in [4.69, 9.17) is 0 Å². The summed E-state index contributed by atoms with van der Waals surface area (Å²) in [6.45, 7) is 0. The highest BCUT2D eigenvalue weighted by Crippen LogP contribution is 2.20. The van der Waals surface area contributed by atoms with E-state index in [0.717, 1.165) is 17.0 Å². The number of pyridine rings is 1. The van der Waals surface area contributed by atoms with E-state index in [9.17, 15) is 9.18 Å². The molecule has 0 aliphatic rings. The molecule has 3 aromatic rings. The Bertz CT molecular complexity index is 745. The SMILES string of the molecule is O=C(c1ccc(F)cn1)c1cccc2ccccc12. The average molecular weight is 251 g/mol. The Labute approximate surface area is 109 Å². The number of halogens is 1. The van der Waals surface area contributed by atoms with Crippen LogP contribution in [0.4, 0.5) is 4.39 Å². The lowest BCUT2D eigenvalue weighted by molar-refractivity contribution is 0.103. The molecule has 2 nitrogen and oxygen atoms in total. The number of ketones is 1. The monoisotopic (exact) mass is 251 g/mol. The second-order valence-corrected chi connectivity index (χ2v) is 4.22. The third-order valence-corrected chi connectivity index (χ3v) is 2.99. The Morgan fingerprint density at radius 2 is 1.74 bits per heavy atom. The van der Waals surface area contributed by atoms with Crippen molar-refractivity contribution in [1.82, 2.24) is 4.98 Å². The predicted molar refractivity (Wildman–Crippen MR) is 71.6 cm³/mol. The Hall–Kier alpha value is -2.55. The Kier molecular flexibility index (Phi) is 2.80. The molecule has 0 atom stereocenters. The number of hydrogen-bond donors (Lipinski definition) is 0. The smallest absolute Gasteiger partial charge is 0.211 e. The molecule has 0 radical (unpaired) electrons. The first-order valence-electron chi connectivity index (χ1n) is 5.90. The van der Waals surface area contributed by atoms with Crippen molar-refractivity contribution in [2.45, 2.75) is 0 Å². The molecule has 0 N–H and O–H groups in total. The molecule has 0 aliphatic carbocycles. The van der Waals surface area contributed by atoms with Crippen molar-refractivity contribution in [2.24, 2.45) is 0 Å². The minimum atomic E-state index is -0.450. The van der Waals surface area contributed by atoms with Crippen LogP contribution in [0, 0.1) is 5.82 Å². The normalized spacial score (nSPS) is 10.6. The minimum Gasteiger partial charge on any atom is -0.287 e. The zero-order valence-electron chi connectivity index (χ0n) is 10.0. The van der Waals surface area contributed by atoms with E-state index in [0.29, 0.717) is 5.56 Å². The molecule has 3 rings (SSSR count). The second kappa shape index (κ2) is 4.61. The topological polar surface area (TPSA) is 30.0 Å². The average Bonchev–Trinajstić information content (AvgIpc) is 2.47. The number of nitrogens with zero attached hydrogens (tertiary/aromatic N) is 1. The first kappa shape index (κ1) is 11.5. The van der Waals surface area contributed by atoms with E-state index in [1.807, 2.05) is 36.4 Å². The molecular formula is C16H10FNO. The van der Waals surface area contributed by atoms with Gasteiger partial charge in [0.15, 0.2) is 0 Å². The fourth-order valence-electron chi connectivity index (χ4n) is 2.07. The van der Waals surface area contributed by atoms with Crippen molar-refractivity contribution in [1.29, 1.82) is 0 Å². The molecule has 19 heavy (non-hydrogen) atoms. The molecule has 3 heteroatoms. The fourth-order valence-corrected chi connectivity index (χ4v) is 2.07. The summed E-state index contributed by atoms with van der Waals surface area (Å²) in [5.41, 5.74) is 0.829. The molecule has 0 saturated heterocycles. The molecule has 0 unspecified atom stereocenters. The van der Waals surface area contributed by atoms with Gasteiger partial charge in [-0.2, -0.15) is 0 Å². The maximum atomic E-state index is 12.8. The fraction of sp³-hybridized carbons (Fsp3) is 0. The van der Waals surface area contributed by atoms with Crippen LogP contribution in [0.15, 0.2) is 60.8 Å². The van der Waals surface area contributed by atoms with Crippen molar-refractivity contribution in [3.8, 4) is 0 Å². The first-order chi connectivity index (χ1) is 9.25. The quantitative estimate of drug-likeness (QED) is 0.651. The number of aromatic nitrogens is 1. The van der Waals surface area contributed by atoms with Gasteiger partial charge in [-0.1, -0.05) is 42.5 Å². The molecule has 0 spiro atoms. The summed E-state index contributed by atoms with van der Waals surface area (Å²) >= 11 is 0. The van der Waals surface area contributed by atoms with Crippen molar-refractivity contribution in [2.75, 3.05) is 0 Å². The molecule has 0 saturated carbocycles. The molecular weight excluding hydrogens is 241 g/mol. The van der Waals surface area contributed by atoms with Gasteiger partial charge in [-0.05, 0) is 22.9 Å². The van der Waals surface area contributed by atoms with Crippen LogP contribution in [0.1, 0.15) is 16.1 Å². The van der Waals surface area contributed by atoms with Crippen molar-refractivity contribution in [3.63, 3.8) is 0 Å². The molecule has 0 amide bonds. The van der Waals surface area contributed by atoms with E-state index >= 15 is 0 Å². The second-order valence-electron chi connectivity index (χ2n) is 4.22. The van der Waals surface area contributed by atoms with Gasteiger partial charge in [-0.15, -0.1) is 0 Å². The summed E-state index contributed by atoms with van der Waals surface area (Å²) in [7, 11) is 0. The zero-order valence-corrected chi connectivity index (χ0v) is 10.0. The van der Waals surface area contributed by atoms with Crippen LogP contribution in [0.3, 0.4) is 0 Å². The van der Waals surface area contributed by atoms with Gasteiger partial charge in [0.05, 0.1) is 6.20 Å². The van der Waals surface area contributed by atoms with E-state index < -0.39 is 5.82 Å². The third kappa shape index (κ3) is 2.10. The van der Waals surface area contributed by atoms with Gasteiger partial charge in [0, 0.05) is 5.56 Å². The molecule has 1 heterocycles. The van der Waals surface area contributed by atoms with Crippen LogP contribution < -0.4 is 0 Å². The van der Waals surface area contributed by atoms with Crippen molar-refractivity contribution >= 4 is 16.6 Å². The Balaban J connectivity index is 2.14. The Morgan fingerprint density at radius 3 is 2.53 bits per heavy atom. The summed E-state index contributed by atoms with van der Waals surface area (Å²) in [6, 6.07) is 15.8. The minimum absolute atomic E-state index is 0.197. The highest BCUT2D eigenvalue weighted by atomic mass is 19.1. The van der Waals surface area contributed by atoms with Crippen LogP contribution in [-0.4, -0.2) is 10.8 Å². The maximum Gasteiger partial charge on any atom is 0.211 e. The van der Waals surface area contributed by atoms with Crippen LogP contribution in [0.2, 0.25) is 0 Å². The number of benzene rings is 2. The van der Waals surface area contributed by atoms with Crippen LogP contribution in [-0.2, 0) is 0 Å². The third-order valence-electron chi connectivity index (χ3n) is 2.99. The predicted octanol–water partition coefficient (Wildman–Crippen LogP) is 3.60. The van der Waals surface area contributed by atoms with E-state index in [1.54, 1.807) is 6.07 Å². The summed E-state index contributed by atoms with van der Waals surface area (Å²) in [6.07, 6.45) is 1.05. The molecule has 92 valence electrons. The summed E-state index contributed by atoms with van der Waals surface area (Å²) in [5, 5.41) is 1.87. The number of rotatable bonds is 2. The van der Waals surface area contributed by atoms with Gasteiger partial charge < -0.3 is 0 Å². The van der Waals surface area contributed by atoms with Gasteiger partial charge in [0.25, 0.3) is 0 Å². The maximum absolute atomic E-state index is 12.8. The number of hydrogen-bond acceptors (Lipinski definition) is 2. The number of fused-ring (bicyclic) bond motifs is 1. The van der Waals surface area contributed by atoms with E-state index in [1.165, 1.54) is 12.1 Å². The lowest BCUT2D eigenvalue weighted by Crippen LogP contribution is -2.04. The van der Waals surface area contributed by atoms with Crippen LogP contribution >= 0.6 is 0 Å². The van der Waals surface area contributed by atoms with Crippen molar-refractivity contribution in [3.05, 3.63) is 77.9 Å². The van der Waals surface area contributed by atoms with E-state index in [2.05, 4.69) is 4.98 Å². The van der Waals surface area contributed by atoms with Gasteiger partial charge in [0.2, 0.25) is 5.78 Å². The zero-order chi connectivity index (χ0) is 13.2. The molecule has 0 bridgehead atoms. The lowest BCUT2D eigenvalue weighted by atomic mass is 10.00. The molecule has 0 fully saturated rings. The largest absolute Gasteiger partial charge is 0.287 e. The number of carbonyl (C=O) groups is 1. The molecule has 1 aromatic heterocycles. The standard InChI is InChI=1S/C16H10FNO/c17-12-8-9-15(18-10-12)16(19)14-7-3-5-11-4-1-2-6-13(11)14/h1-10H. The van der Waals surface area contributed by atoms with Gasteiger partial charge in [-0.3, -0.25) is 4.79 Å². The summed E-state index contributed by atoms with van der Waals surface area (Å²) in [5.74, 6) is -0.647. The highest BCUT2D eigenvalue weighted by molar-refractivity contribution is 6.15. The highest BCUT2D eigenvalue weighted by Gasteiger charge is 2.13. The molecule has 0 aliphatic heterocycles. The van der Waals surface area contributed by atoms with Crippen LogP contribution in [0.25, 0.3) is 10.8 Å². The first-order valence-corrected chi connectivity index (χ1v) is 5.90. The van der Waals surface area contributed by atoms with Crippen molar-refractivity contribution < 1.29 is 9.18 Å². The van der Waals surface area contributed by atoms with Crippen LogP contribution in [0.5, 0.6) is 0 Å². The number of carbonyl (C=O) groups excluding carboxylic acids is 1. The molecule has 2 aromatic carbocycles. The van der Waals surface area contributed by atoms with Gasteiger partial charge >= 0.3 is 0 Å². The van der Waals surface area contributed by atoms with Gasteiger partial charge in [-0.25, -0.2) is 9.37 Å². The summed E-state index contributed by atoms with van der Waals surface area (Å²) in [4.78, 5) is 16.2. The Morgan fingerprint density at radius 1 is 0.947 bits per heavy atom. The lowest BCUT2D eigenvalue weighted by Gasteiger charge is -2.05. The summed E-state index contributed by atoms with van der Waals surface area (Å²) < 4.78 is 12.8.